The summed E-state index contributed by atoms with van der Waals surface area (Å²) in [6.45, 7) is 5.78. The maximum absolute atomic E-state index is 11.7. The molecule has 92 valence electrons. The maximum Gasteiger partial charge on any atom is 0.350 e. The fourth-order valence-corrected chi connectivity index (χ4v) is 2.68. The van der Waals surface area contributed by atoms with Gasteiger partial charge in [-0.2, -0.15) is 0 Å². The van der Waals surface area contributed by atoms with Gasteiger partial charge in [-0.25, -0.2) is 4.79 Å². The van der Waals surface area contributed by atoms with Crippen molar-refractivity contribution >= 4 is 44.5 Å². The normalized spacial score (nSPS) is 11.6. The van der Waals surface area contributed by atoms with Crippen molar-refractivity contribution in [2.75, 3.05) is 0 Å². The molecule has 0 saturated carbocycles. The third-order valence-electron chi connectivity index (χ3n) is 3.22. The van der Waals surface area contributed by atoms with Crippen molar-refractivity contribution in [3.05, 3.63) is 43.0 Å². The fourth-order valence-electron chi connectivity index (χ4n) is 2.28. The van der Waals surface area contributed by atoms with E-state index in [0.29, 0.717) is 9.15 Å². The number of halogens is 1. The van der Waals surface area contributed by atoms with E-state index in [1.807, 2.05) is 55.5 Å². The third kappa shape index (κ3) is 1.51. The summed E-state index contributed by atoms with van der Waals surface area (Å²) < 4.78 is 11.7. The fraction of sp³-hybridized carbons (Fsp3) is 0.214. The molecule has 3 rings (SSSR count). The second-order valence-electron chi connectivity index (χ2n) is 4.48. The zero-order valence-electron chi connectivity index (χ0n) is 10.3. The molecule has 0 amide bonds. The molecule has 0 spiro atoms. The van der Waals surface area contributed by atoms with Gasteiger partial charge in [0.2, 0.25) is 0 Å². The average Bonchev–Trinajstić information content (AvgIpc) is 2.70. The Morgan fingerprint density at radius 1 is 1.00 bits per heavy atom. The molecule has 0 fully saturated rings. The van der Waals surface area contributed by atoms with Gasteiger partial charge in [-0.1, -0.05) is 0 Å². The zero-order chi connectivity index (χ0) is 13.0. The molecule has 0 aliphatic rings. The van der Waals surface area contributed by atoms with Gasteiger partial charge in [0.1, 0.15) is 20.5 Å². The number of hydrogen-bond acceptors (Lipinski definition) is 3. The lowest BCUT2D eigenvalue weighted by atomic mass is 10.1. The van der Waals surface area contributed by atoms with Crippen LogP contribution in [0.3, 0.4) is 0 Å². The van der Waals surface area contributed by atoms with Crippen LogP contribution >= 0.6 is 22.6 Å². The predicted octanol–water partition coefficient (Wildman–Crippen LogP) is 4.07. The molecule has 0 aliphatic heterocycles. The van der Waals surface area contributed by atoms with Crippen LogP contribution in [0.25, 0.3) is 21.9 Å². The van der Waals surface area contributed by atoms with Crippen molar-refractivity contribution in [2.45, 2.75) is 20.8 Å². The summed E-state index contributed by atoms with van der Waals surface area (Å²) in [5.74, 6) is 0.859. The largest absolute Gasteiger partial charge is 0.461 e. The van der Waals surface area contributed by atoms with Gasteiger partial charge in [-0.05, 0) is 61.1 Å². The van der Waals surface area contributed by atoms with Crippen molar-refractivity contribution in [1.82, 2.24) is 0 Å². The Bertz CT molecular complexity index is 840. The lowest BCUT2D eigenvalue weighted by Gasteiger charge is -2.05. The Kier molecular flexibility index (Phi) is 2.52. The Labute approximate surface area is 117 Å². The minimum atomic E-state index is -0.286. The molecular weight excluding hydrogens is 343 g/mol. The van der Waals surface area contributed by atoms with Gasteiger partial charge in [0.05, 0.1) is 0 Å². The molecule has 2 aromatic heterocycles. The lowest BCUT2D eigenvalue weighted by Crippen LogP contribution is -2.06. The predicted molar refractivity (Wildman–Crippen MR) is 79.2 cm³/mol. The first kappa shape index (κ1) is 11.8. The molecule has 3 nitrogen and oxygen atoms in total. The van der Waals surface area contributed by atoms with Crippen LogP contribution in [-0.2, 0) is 0 Å². The smallest absolute Gasteiger partial charge is 0.350 e. The quantitative estimate of drug-likeness (QED) is 0.452. The number of aryl methyl sites for hydroxylation is 3. The second-order valence-corrected chi connectivity index (χ2v) is 5.56. The SMILES string of the molecule is Cc1cc2cc3c(C)c(I)c(=O)oc3c(C)c2o1. The molecule has 3 aromatic rings. The molecule has 0 bridgehead atoms. The summed E-state index contributed by atoms with van der Waals surface area (Å²) in [5, 5.41) is 2.02. The topological polar surface area (TPSA) is 43.4 Å². The third-order valence-corrected chi connectivity index (χ3v) is 4.47. The summed E-state index contributed by atoms with van der Waals surface area (Å²) in [7, 11) is 0. The average molecular weight is 354 g/mol. The first-order valence-corrected chi connectivity index (χ1v) is 6.69. The first-order valence-electron chi connectivity index (χ1n) is 5.61. The summed E-state index contributed by atoms with van der Waals surface area (Å²) >= 11 is 2.03. The molecule has 0 N–H and O–H groups in total. The van der Waals surface area contributed by atoms with E-state index >= 15 is 0 Å². The number of benzene rings is 1. The Morgan fingerprint density at radius 2 is 1.72 bits per heavy atom. The highest BCUT2D eigenvalue weighted by Crippen LogP contribution is 2.31. The van der Waals surface area contributed by atoms with E-state index in [1.54, 1.807) is 0 Å². The van der Waals surface area contributed by atoms with Crippen LogP contribution in [0, 0.1) is 24.3 Å². The lowest BCUT2D eigenvalue weighted by molar-refractivity contribution is 0.547. The van der Waals surface area contributed by atoms with Crippen LogP contribution in [0.2, 0.25) is 0 Å². The van der Waals surface area contributed by atoms with Crippen molar-refractivity contribution in [1.29, 1.82) is 0 Å². The Balaban J connectivity index is 2.63. The van der Waals surface area contributed by atoms with Crippen LogP contribution in [0.5, 0.6) is 0 Å². The van der Waals surface area contributed by atoms with E-state index in [9.17, 15) is 4.79 Å². The highest BCUT2D eigenvalue weighted by atomic mass is 127. The van der Waals surface area contributed by atoms with Gasteiger partial charge in [-0.15, -0.1) is 0 Å². The Morgan fingerprint density at radius 3 is 2.44 bits per heavy atom. The summed E-state index contributed by atoms with van der Waals surface area (Å²) in [4.78, 5) is 11.7. The zero-order valence-corrected chi connectivity index (χ0v) is 12.4. The van der Waals surface area contributed by atoms with E-state index in [0.717, 1.165) is 33.2 Å². The van der Waals surface area contributed by atoms with Gasteiger partial charge in [0.25, 0.3) is 0 Å². The van der Waals surface area contributed by atoms with E-state index in [-0.39, 0.29) is 5.63 Å². The maximum atomic E-state index is 11.7. The van der Waals surface area contributed by atoms with Crippen molar-refractivity contribution in [3.63, 3.8) is 0 Å². The molecular formula is C14H11IO3. The standard InChI is InChI=1S/C14H11IO3/c1-6-4-9-5-10-7(2)11(15)14(16)18-13(10)8(3)12(9)17-6/h4-5H,1-3H3. The monoisotopic (exact) mass is 354 g/mol. The molecule has 0 aliphatic carbocycles. The summed E-state index contributed by atoms with van der Waals surface area (Å²) in [6.07, 6.45) is 0. The van der Waals surface area contributed by atoms with E-state index < -0.39 is 0 Å². The molecule has 4 heteroatoms. The minimum absolute atomic E-state index is 0.286. The highest BCUT2D eigenvalue weighted by molar-refractivity contribution is 14.1. The number of hydrogen-bond donors (Lipinski definition) is 0. The Hall–Kier alpha value is -1.30. The van der Waals surface area contributed by atoms with Crippen molar-refractivity contribution in [2.24, 2.45) is 0 Å². The highest BCUT2D eigenvalue weighted by Gasteiger charge is 2.15. The molecule has 0 unspecified atom stereocenters. The molecule has 1 aromatic carbocycles. The van der Waals surface area contributed by atoms with Crippen LogP contribution in [0.15, 0.2) is 25.8 Å². The number of furan rings is 1. The van der Waals surface area contributed by atoms with Crippen molar-refractivity contribution in [3.8, 4) is 0 Å². The molecule has 0 saturated heterocycles. The van der Waals surface area contributed by atoms with Crippen LogP contribution in [0.1, 0.15) is 16.9 Å². The van der Waals surface area contributed by atoms with E-state index in [2.05, 4.69) is 0 Å². The van der Waals surface area contributed by atoms with Crippen LogP contribution in [-0.4, -0.2) is 0 Å². The number of fused-ring (bicyclic) bond motifs is 2. The van der Waals surface area contributed by atoms with Crippen LogP contribution < -0.4 is 5.63 Å². The van der Waals surface area contributed by atoms with Gasteiger partial charge >= 0.3 is 5.63 Å². The van der Waals surface area contributed by atoms with E-state index in [4.69, 9.17) is 8.83 Å². The summed E-state index contributed by atoms with van der Waals surface area (Å²) in [6, 6.07) is 4.02. The number of rotatable bonds is 0. The first-order chi connectivity index (χ1) is 8.49. The minimum Gasteiger partial charge on any atom is -0.461 e. The summed E-state index contributed by atoms with van der Waals surface area (Å²) in [5.41, 5.74) is 2.98. The second kappa shape index (κ2) is 3.85. The van der Waals surface area contributed by atoms with E-state index in [1.165, 1.54) is 0 Å². The molecule has 2 heterocycles. The van der Waals surface area contributed by atoms with Gasteiger partial charge in [0, 0.05) is 16.3 Å². The van der Waals surface area contributed by atoms with Gasteiger partial charge in [0.15, 0.2) is 0 Å². The van der Waals surface area contributed by atoms with Crippen molar-refractivity contribution < 1.29 is 8.83 Å². The van der Waals surface area contributed by atoms with Gasteiger partial charge in [-0.3, -0.25) is 0 Å². The molecule has 0 radical (unpaired) electrons. The van der Waals surface area contributed by atoms with Crippen LogP contribution in [0.4, 0.5) is 0 Å². The molecule has 0 atom stereocenters. The van der Waals surface area contributed by atoms with Gasteiger partial charge < -0.3 is 8.83 Å². The molecule has 18 heavy (non-hydrogen) atoms.